The van der Waals surface area contributed by atoms with Gasteiger partial charge in [-0.1, -0.05) is 17.7 Å². The molecule has 0 aliphatic rings. The van der Waals surface area contributed by atoms with Crippen molar-refractivity contribution in [1.29, 1.82) is 0 Å². The van der Waals surface area contributed by atoms with Crippen molar-refractivity contribution in [3.8, 4) is 5.75 Å². The quantitative estimate of drug-likeness (QED) is 0.871. The lowest BCUT2D eigenvalue weighted by atomic mass is 10.1. The summed E-state index contributed by atoms with van der Waals surface area (Å²) in [5.41, 5.74) is 8.80. The van der Waals surface area contributed by atoms with E-state index in [1.54, 1.807) is 13.4 Å². The van der Waals surface area contributed by atoms with Crippen LogP contribution in [0, 0.1) is 6.92 Å². The summed E-state index contributed by atoms with van der Waals surface area (Å²) in [5.74, 6) is 0.901. The Balaban J connectivity index is 2.25. The first-order valence-electron chi connectivity index (χ1n) is 5.57. The summed E-state index contributed by atoms with van der Waals surface area (Å²) >= 11 is 0. The fourth-order valence-electron chi connectivity index (χ4n) is 1.83. The number of hydrogen-bond donors (Lipinski definition) is 1. The normalized spacial score (nSPS) is 10.5. The van der Waals surface area contributed by atoms with Crippen molar-refractivity contribution in [1.82, 2.24) is 9.55 Å². The van der Waals surface area contributed by atoms with Gasteiger partial charge in [0.2, 0.25) is 0 Å². The summed E-state index contributed by atoms with van der Waals surface area (Å²) in [5, 5.41) is 0. The summed E-state index contributed by atoms with van der Waals surface area (Å²) < 4.78 is 7.36. The number of aryl methyl sites for hydroxylation is 1. The van der Waals surface area contributed by atoms with E-state index in [1.807, 2.05) is 22.9 Å². The monoisotopic (exact) mass is 231 g/mol. The van der Waals surface area contributed by atoms with Crippen LogP contribution in [0.1, 0.15) is 16.8 Å². The Morgan fingerprint density at radius 3 is 2.88 bits per heavy atom. The number of rotatable bonds is 4. The maximum Gasteiger partial charge on any atom is 0.123 e. The van der Waals surface area contributed by atoms with E-state index in [0.717, 1.165) is 23.6 Å². The second-order valence-corrected chi connectivity index (χ2v) is 4.06. The molecule has 0 spiro atoms. The predicted molar refractivity (Wildman–Crippen MR) is 67.0 cm³/mol. The minimum atomic E-state index is 0.470. The van der Waals surface area contributed by atoms with Gasteiger partial charge in [0.05, 0.1) is 25.7 Å². The number of methoxy groups -OCH3 is 1. The van der Waals surface area contributed by atoms with Crippen LogP contribution < -0.4 is 10.5 Å². The van der Waals surface area contributed by atoms with Crippen molar-refractivity contribution in [2.24, 2.45) is 5.73 Å². The Morgan fingerprint density at radius 1 is 1.41 bits per heavy atom. The van der Waals surface area contributed by atoms with Crippen molar-refractivity contribution in [3.63, 3.8) is 0 Å². The predicted octanol–water partition coefficient (Wildman–Crippen LogP) is 1.71. The molecule has 4 nitrogen and oxygen atoms in total. The minimum absolute atomic E-state index is 0.470. The zero-order valence-corrected chi connectivity index (χ0v) is 10.2. The van der Waals surface area contributed by atoms with E-state index >= 15 is 0 Å². The van der Waals surface area contributed by atoms with Gasteiger partial charge < -0.3 is 15.0 Å². The molecule has 0 unspecified atom stereocenters. The number of nitrogens with zero attached hydrogens (tertiary/aromatic N) is 2. The molecule has 1 aromatic heterocycles. The first-order chi connectivity index (χ1) is 8.22. The molecule has 2 rings (SSSR count). The van der Waals surface area contributed by atoms with Gasteiger partial charge in [0.1, 0.15) is 5.75 Å². The van der Waals surface area contributed by atoms with Crippen LogP contribution in [0.4, 0.5) is 0 Å². The van der Waals surface area contributed by atoms with Crippen LogP contribution in [0.15, 0.2) is 30.7 Å². The molecule has 0 saturated heterocycles. The van der Waals surface area contributed by atoms with E-state index in [1.165, 1.54) is 5.56 Å². The van der Waals surface area contributed by atoms with Gasteiger partial charge >= 0.3 is 0 Å². The van der Waals surface area contributed by atoms with E-state index in [4.69, 9.17) is 10.5 Å². The SMILES string of the molecule is COc1ccc(C)cc1Cn1cnc(CN)c1. The summed E-state index contributed by atoms with van der Waals surface area (Å²) in [4.78, 5) is 4.21. The van der Waals surface area contributed by atoms with Crippen LogP contribution >= 0.6 is 0 Å². The fourth-order valence-corrected chi connectivity index (χ4v) is 1.83. The molecule has 2 N–H and O–H groups in total. The molecule has 1 aromatic carbocycles. The molecular weight excluding hydrogens is 214 g/mol. The van der Waals surface area contributed by atoms with E-state index in [0.29, 0.717) is 6.54 Å². The molecule has 0 atom stereocenters. The Morgan fingerprint density at radius 2 is 2.24 bits per heavy atom. The lowest BCUT2D eigenvalue weighted by Gasteiger charge is -2.09. The summed E-state index contributed by atoms with van der Waals surface area (Å²) in [6.07, 6.45) is 3.76. The smallest absolute Gasteiger partial charge is 0.123 e. The van der Waals surface area contributed by atoms with E-state index in [2.05, 4.69) is 18.0 Å². The summed E-state index contributed by atoms with van der Waals surface area (Å²) in [6.45, 7) is 3.29. The van der Waals surface area contributed by atoms with Crippen molar-refractivity contribution >= 4 is 0 Å². The maximum atomic E-state index is 5.54. The Hall–Kier alpha value is -1.81. The zero-order chi connectivity index (χ0) is 12.3. The highest BCUT2D eigenvalue weighted by Gasteiger charge is 2.04. The number of hydrogen-bond acceptors (Lipinski definition) is 3. The van der Waals surface area contributed by atoms with Gasteiger partial charge in [-0.2, -0.15) is 0 Å². The number of nitrogens with two attached hydrogens (primary N) is 1. The molecule has 0 saturated carbocycles. The highest BCUT2D eigenvalue weighted by Crippen LogP contribution is 2.20. The molecule has 90 valence electrons. The molecule has 2 aromatic rings. The van der Waals surface area contributed by atoms with E-state index in [-0.39, 0.29) is 0 Å². The molecule has 0 bridgehead atoms. The number of ether oxygens (including phenoxy) is 1. The first-order valence-corrected chi connectivity index (χ1v) is 5.57. The molecule has 0 aliphatic heterocycles. The topological polar surface area (TPSA) is 53.1 Å². The average Bonchev–Trinajstić information content (AvgIpc) is 2.77. The second kappa shape index (κ2) is 5.01. The Bertz CT molecular complexity index is 505. The van der Waals surface area contributed by atoms with Gasteiger partial charge in [-0.05, 0) is 13.0 Å². The van der Waals surface area contributed by atoms with Crippen LogP contribution in [0.2, 0.25) is 0 Å². The van der Waals surface area contributed by atoms with Crippen LogP contribution in [-0.2, 0) is 13.1 Å². The van der Waals surface area contributed by atoms with Gasteiger partial charge in [0, 0.05) is 18.3 Å². The number of benzene rings is 1. The van der Waals surface area contributed by atoms with E-state index < -0.39 is 0 Å². The highest BCUT2D eigenvalue weighted by molar-refractivity contribution is 5.37. The van der Waals surface area contributed by atoms with Gasteiger partial charge in [-0.15, -0.1) is 0 Å². The van der Waals surface area contributed by atoms with Gasteiger partial charge in [0.25, 0.3) is 0 Å². The average molecular weight is 231 g/mol. The lowest BCUT2D eigenvalue weighted by Crippen LogP contribution is -2.00. The maximum absolute atomic E-state index is 5.54. The molecular formula is C13H17N3O. The molecule has 1 heterocycles. The van der Waals surface area contributed by atoms with Crippen LogP contribution in [-0.4, -0.2) is 16.7 Å². The number of imidazole rings is 1. The third-order valence-electron chi connectivity index (χ3n) is 2.68. The van der Waals surface area contributed by atoms with Crippen molar-refractivity contribution in [2.45, 2.75) is 20.0 Å². The van der Waals surface area contributed by atoms with Gasteiger partial charge in [-0.25, -0.2) is 4.98 Å². The minimum Gasteiger partial charge on any atom is -0.496 e. The molecule has 4 heteroatoms. The Kier molecular flexibility index (Phi) is 3.44. The van der Waals surface area contributed by atoms with Gasteiger partial charge in [0.15, 0.2) is 0 Å². The van der Waals surface area contributed by atoms with Crippen LogP contribution in [0.3, 0.4) is 0 Å². The van der Waals surface area contributed by atoms with Crippen LogP contribution in [0.5, 0.6) is 5.75 Å². The zero-order valence-electron chi connectivity index (χ0n) is 10.2. The summed E-state index contributed by atoms with van der Waals surface area (Å²) in [6, 6.07) is 6.16. The van der Waals surface area contributed by atoms with Gasteiger partial charge in [-0.3, -0.25) is 0 Å². The molecule has 0 amide bonds. The second-order valence-electron chi connectivity index (χ2n) is 4.06. The molecule has 0 fully saturated rings. The first kappa shape index (κ1) is 11.7. The standard InChI is InChI=1S/C13H17N3O/c1-10-3-4-13(17-2)11(5-10)7-16-8-12(6-14)15-9-16/h3-5,8-9H,6-7,14H2,1-2H3. The van der Waals surface area contributed by atoms with Crippen molar-refractivity contribution < 1.29 is 4.74 Å². The molecule has 0 radical (unpaired) electrons. The van der Waals surface area contributed by atoms with Crippen molar-refractivity contribution in [2.75, 3.05) is 7.11 Å². The fraction of sp³-hybridized carbons (Fsp3) is 0.308. The van der Waals surface area contributed by atoms with Crippen molar-refractivity contribution in [3.05, 3.63) is 47.5 Å². The third kappa shape index (κ3) is 2.65. The largest absolute Gasteiger partial charge is 0.496 e. The summed E-state index contributed by atoms with van der Waals surface area (Å²) in [7, 11) is 1.69. The van der Waals surface area contributed by atoms with Crippen LogP contribution in [0.25, 0.3) is 0 Å². The Labute approximate surface area is 101 Å². The number of aromatic nitrogens is 2. The van der Waals surface area contributed by atoms with E-state index in [9.17, 15) is 0 Å². The molecule has 0 aliphatic carbocycles. The highest BCUT2D eigenvalue weighted by atomic mass is 16.5. The molecule has 17 heavy (non-hydrogen) atoms. The lowest BCUT2D eigenvalue weighted by molar-refractivity contribution is 0.408. The third-order valence-corrected chi connectivity index (χ3v) is 2.68.